The lowest BCUT2D eigenvalue weighted by Gasteiger charge is -2.13. The maximum absolute atomic E-state index is 13.5. The van der Waals surface area contributed by atoms with Crippen molar-refractivity contribution in [2.24, 2.45) is 0 Å². The summed E-state index contributed by atoms with van der Waals surface area (Å²) >= 11 is 0. The number of carbonyl (C=O) groups is 1. The average molecular weight is 266 g/mol. The van der Waals surface area contributed by atoms with E-state index in [-0.39, 0.29) is 24.2 Å². The zero-order chi connectivity index (χ0) is 13.7. The number of hydrogen-bond acceptors (Lipinski definition) is 3. The molecule has 1 saturated carbocycles. The molecule has 1 amide bonds. The SMILES string of the molecule is COc1ccc(F)c(NCC(=O)NC2CCCC2)c1. The van der Waals surface area contributed by atoms with Crippen LogP contribution in [0.1, 0.15) is 25.7 Å². The van der Waals surface area contributed by atoms with E-state index in [0.29, 0.717) is 5.75 Å². The van der Waals surface area contributed by atoms with Gasteiger partial charge in [-0.3, -0.25) is 4.79 Å². The third-order valence-electron chi connectivity index (χ3n) is 3.33. The predicted octanol–water partition coefficient (Wildman–Crippen LogP) is 2.31. The summed E-state index contributed by atoms with van der Waals surface area (Å²) < 4.78 is 18.5. The Bertz CT molecular complexity index is 445. The summed E-state index contributed by atoms with van der Waals surface area (Å²) in [6, 6.07) is 4.68. The summed E-state index contributed by atoms with van der Waals surface area (Å²) in [6.45, 7) is 0.0700. The van der Waals surface area contributed by atoms with Crippen LogP contribution in [0.15, 0.2) is 18.2 Å². The van der Waals surface area contributed by atoms with Crippen LogP contribution >= 0.6 is 0 Å². The normalized spacial score (nSPS) is 15.3. The standard InChI is InChI=1S/C14H19FN2O2/c1-19-11-6-7-12(15)13(8-11)16-9-14(18)17-10-4-2-3-5-10/h6-8,10,16H,2-5,9H2,1H3,(H,17,18). The van der Waals surface area contributed by atoms with Crippen LogP contribution in [0, 0.1) is 5.82 Å². The molecule has 1 fully saturated rings. The number of ether oxygens (including phenoxy) is 1. The first-order valence-electron chi connectivity index (χ1n) is 6.56. The van der Waals surface area contributed by atoms with Gasteiger partial charge in [-0.2, -0.15) is 0 Å². The first kappa shape index (κ1) is 13.6. The molecule has 0 bridgehead atoms. The molecule has 1 aromatic rings. The van der Waals surface area contributed by atoms with E-state index in [2.05, 4.69) is 10.6 Å². The minimum atomic E-state index is -0.394. The highest BCUT2D eigenvalue weighted by molar-refractivity contribution is 5.81. The number of benzene rings is 1. The third-order valence-corrected chi connectivity index (χ3v) is 3.33. The number of rotatable bonds is 5. The lowest BCUT2D eigenvalue weighted by Crippen LogP contribution is -2.36. The fourth-order valence-corrected chi connectivity index (χ4v) is 2.29. The maximum Gasteiger partial charge on any atom is 0.239 e. The van der Waals surface area contributed by atoms with Crippen molar-refractivity contribution in [1.29, 1.82) is 0 Å². The predicted molar refractivity (Wildman–Crippen MR) is 71.8 cm³/mol. The molecule has 104 valence electrons. The van der Waals surface area contributed by atoms with Gasteiger partial charge in [-0.15, -0.1) is 0 Å². The average Bonchev–Trinajstić information content (AvgIpc) is 2.90. The number of carbonyl (C=O) groups excluding carboxylic acids is 1. The summed E-state index contributed by atoms with van der Waals surface area (Å²) in [4.78, 5) is 11.7. The highest BCUT2D eigenvalue weighted by atomic mass is 19.1. The molecule has 4 nitrogen and oxygen atoms in total. The zero-order valence-electron chi connectivity index (χ0n) is 11.0. The smallest absolute Gasteiger partial charge is 0.239 e. The summed E-state index contributed by atoms with van der Waals surface area (Å²) in [5.41, 5.74) is 0.279. The molecule has 0 unspecified atom stereocenters. The molecule has 0 saturated heterocycles. The number of anilines is 1. The summed E-state index contributed by atoms with van der Waals surface area (Å²) in [7, 11) is 1.52. The second kappa shape index (κ2) is 6.41. The lowest BCUT2D eigenvalue weighted by molar-refractivity contribution is -0.120. The van der Waals surface area contributed by atoms with Crippen molar-refractivity contribution in [2.75, 3.05) is 19.0 Å². The summed E-state index contributed by atoms with van der Waals surface area (Å²) in [6.07, 6.45) is 4.42. The van der Waals surface area contributed by atoms with E-state index in [4.69, 9.17) is 4.74 Å². The van der Waals surface area contributed by atoms with Crippen LogP contribution in [0.5, 0.6) is 5.75 Å². The fourth-order valence-electron chi connectivity index (χ4n) is 2.29. The van der Waals surface area contributed by atoms with Gasteiger partial charge >= 0.3 is 0 Å². The Kier molecular flexibility index (Phi) is 4.60. The molecule has 0 radical (unpaired) electrons. The molecule has 1 aromatic carbocycles. The minimum absolute atomic E-state index is 0.0700. The zero-order valence-corrected chi connectivity index (χ0v) is 11.0. The van der Waals surface area contributed by atoms with Crippen LogP contribution in [0.2, 0.25) is 0 Å². The van der Waals surface area contributed by atoms with Gasteiger partial charge in [0.15, 0.2) is 0 Å². The number of amides is 1. The Morgan fingerprint density at radius 2 is 2.16 bits per heavy atom. The Morgan fingerprint density at radius 3 is 2.84 bits per heavy atom. The fraction of sp³-hybridized carbons (Fsp3) is 0.500. The molecule has 1 aliphatic rings. The van der Waals surface area contributed by atoms with E-state index < -0.39 is 5.82 Å². The number of methoxy groups -OCH3 is 1. The molecule has 19 heavy (non-hydrogen) atoms. The minimum Gasteiger partial charge on any atom is -0.497 e. The second-order valence-electron chi connectivity index (χ2n) is 4.75. The van der Waals surface area contributed by atoms with Gasteiger partial charge in [-0.1, -0.05) is 12.8 Å². The van der Waals surface area contributed by atoms with E-state index >= 15 is 0 Å². The van der Waals surface area contributed by atoms with E-state index in [1.807, 2.05) is 0 Å². The van der Waals surface area contributed by atoms with E-state index in [1.54, 1.807) is 6.07 Å². The monoisotopic (exact) mass is 266 g/mol. The maximum atomic E-state index is 13.5. The lowest BCUT2D eigenvalue weighted by atomic mass is 10.2. The van der Waals surface area contributed by atoms with Crippen molar-refractivity contribution in [1.82, 2.24) is 5.32 Å². The number of halogens is 1. The van der Waals surface area contributed by atoms with E-state index in [0.717, 1.165) is 12.8 Å². The molecule has 0 aromatic heterocycles. The van der Waals surface area contributed by atoms with Crippen LogP contribution in [0.3, 0.4) is 0 Å². The van der Waals surface area contributed by atoms with Crippen molar-refractivity contribution in [3.63, 3.8) is 0 Å². The number of hydrogen-bond donors (Lipinski definition) is 2. The number of nitrogens with one attached hydrogen (secondary N) is 2. The van der Waals surface area contributed by atoms with E-state index in [1.165, 1.54) is 32.1 Å². The Hall–Kier alpha value is -1.78. The molecule has 1 aliphatic carbocycles. The largest absolute Gasteiger partial charge is 0.497 e. The molecular formula is C14H19FN2O2. The summed E-state index contributed by atoms with van der Waals surface area (Å²) in [5.74, 6) is 0.0590. The van der Waals surface area contributed by atoms with Crippen LogP contribution in [-0.4, -0.2) is 25.6 Å². The molecule has 2 rings (SSSR count). The van der Waals surface area contributed by atoms with Gasteiger partial charge in [0, 0.05) is 12.1 Å². The quantitative estimate of drug-likeness (QED) is 0.860. The van der Waals surface area contributed by atoms with Gasteiger partial charge in [-0.25, -0.2) is 4.39 Å². The highest BCUT2D eigenvalue weighted by Crippen LogP contribution is 2.21. The topological polar surface area (TPSA) is 50.4 Å². The molecular weight excluding hydrogens is 247 g/mol. The molecule has 0 atom stereocenters. The van der Waals surface area contributed by atoms with Crippen molar-refractivity contribution >= 4 is 11.6 Å². The molecule has 2 N–H and O–H groups in total. The molecule has 5 heteroatoms. The molecule has 0 aliphatic heterocycles. The summed E-state index contributed by atoms with van der Waals surface area (Å²) in [5, 5.41) is 5.74. The first-order chi connectivity index (χ1) is 9.19. The van der Waals surface area contributed by atoms with Crippen LogP contribution in [0.4, 0.5) is 10.1 Å². The van der Waals surface area contributed by atoms with Crippen LogP contribution in [0.25, 0.3) is 0 Å². The van der Waals surface area contributed by atoms with Crippen molar-refractivity contribution in [3.8, 4) is 5.75 Å². The van der Waals surface area contributed by atoms with Gasteiger partial charge < -0.3 is 15.4 Å². The molecule has 0 spiro atoms. The Balaban J connectivity index is 1.85. The van der Waals surface area contributed by atoms with Crippen molar-refractivity contribution in [2.45, 2.75) is 31.7 Å². The first-order valence-corrected chi connectivity index (χ1v) is 6.56. The van der Waals surface area contributed by atoms with Crippen LogP contribution < -0.4 is 15.4 Å². The third kappa shape index (κ3) is 3.84. The van der Waals surface area contributed by atoms with Gasteiger partial charge in [0.25, 0.3) is 0 Å². The van der Waals surface area contributed by atoms with Crippen molar-refractivity contribution < 1.29 is 13.9 Å². The van der Waals surface area contributed by atoms with E-state index in [9.17, 15) is 9.18 Å². The molecule has 0 heterocycles. The van der Waals surface area contributed by atoms with Gasteiger partial charge in [0.2, 0.25) is 5.91 Å². The Morgan fingerprint density at radius 1 is 1.42 bits per heavy atom. The van der Waals surface area contributed by atoms with Gasteiger partial charge in [-0.05, 0) is 25.0 Å². The van der Waals surface area contributed by atoms with Gasteiger partial charge in [0.1, 0.15) is 11.6 Å². The van der Waals surface area contributed by atoms with Gasteiger partial charge in [0.05, 0.1) is 19.3 Å². The van der Waals surface area contributed by atoms with Crippen molar-refractivity contribution in [3.05, 3.63) is 24.0 Å². The van der Waals surface area contributed by atoms with Crippen LogP contribution in [-0.2, 0) is 4.79 Å². The Labute approximate surface area is 112 Å². The second-order valence-corrected chi connectivity index (χ2v) is 4.75. The highest BCUT2D eigenvalue weighted by Gasteiger charge is 2.17.